The maximum Gasteiger partial charge on any atom is 0.0638 e. The van der Waals surface area contributed by atoms with Crippen LogP contribution in [0.4, 0.5) is 0 Å². The van der Waals surface area contributed by atoms with Crippen LogP contribution in [0.2, 0.25) is 0 Å². The highest BCUT2D eigenvalue weighted by atomic mass is 16.5. The molecule has 0 aromatic heterocycles. The quantitative estimate of drug-likeness (QED) is 0.743. The largest absolute Gasteiger partial charge is 0.380 e. The molecule has 1 rings (SSSR count). The maximum absolute atomic E-state index is 5.84. The zero-order chi connectivity index (χ0) is 12.4. The van der Waals surface area contributed by atoms with Gasteiger partial charge in [0.2, 0.25) is 0 Å². The maximum atomic E-state index is 5.84. The van der Waals surface area contributed by atoms with Crippen molar-refractivity contribution in [3.63, 3.8) is 0 Å². The summed E-state index contributed by atoms with van der Waals surface area (Å²) in [5.41, 5.74) is -0.116. The summed E-state index contributed by atoms with van der Waals surface area (Å²) in [5.74, 6) is 0. The summed E-state index contributed by atoms with van der Waals surface area (Å²) in [4.78, 5) is 0. The molecule has 1 aliphatic heterocycles. The molecule has 0 atom stereocenters. The van der Waals surface area contributed by atoms with Gasteiger partial charge in [0.15, 0.2) is 0 Å². The van der Waals surface area contributed by atoms with E-state index < -0.39 is 0 Å². The molecule has 3 heteroatoms. The van der Waals surface area contributed by atoms with Gasteiger partial charge in [0.25, 0.3) is 0 Å². The van der Waals surface area contributed by atoms with Crippen LogP contribution in [0.25, 0.3) is 0 Å². The normalized spacial score (nSPS) is 20.6. The van der Waals surface area contributed by atoms with Crippen molar-refractivity contribution >= 4 is 0 Å². The number of rotatable bonds is 4. The van der Waals surface area contributed by atoms with E-state index in [4.69, 9.17) is 14.2 Å². The van der Waals surface area contributed by atoms with Crippen molar-refractivity contribution in [2.24, 2.45) is 5.41 Å². The van der Waals surface area contributed by atoms with E-state index in [1.54, 1.807) is 0 Å². The fourth-order valence-corrected chi connectivity index (χ4v) is 1.34. The van der Waals surface area contributed by atoms with Crippen LogP contribution in [0.1, 0.15) is 41.5 Å². The Hall–Kier alpha value is -0.120. The Labute approximate surface area is 99.5 Å². The SMILES string of the molecule is CC(C)(C)OCC1(COC(C)(C)C)COC1. The van der Waals surface area contributed by atoms with E-state index >= 15 is 0 Å². The fourth-order valence-electron chi connectivity index (χ4n) is 1.34. The fraction of sp³-hybridized carbons (Fsp3) is 1.00. The Balaban J connectivity index is 2.39. The molecule has 0 amide bonds. The van der Waals surface area contributed by atoms with Crippen molar-refractivity contribution in [1.29, 1.82) is 0 Å². The first kappa shape index (κ1) is 13.9. The molecular weight excluding hydrogens is 204 g/mol. The molecule has 16 heavy (non-hydrogen) atoms. The highest BCUT2D eigenvalue weighted by molar-refractivity contribution is 4.87. The average Bonchev–Trinajstić information content (AvgIpc) is 1.97. The Morgan fingerprint density at radius 1 is 0.875 bits per heavy atom. The average molecular weight is 230 g/mol. The van der Waals surface area contributed by atoms with Crippen molar-refractivity contribution in [1.82, 2.24) is 0 Å². The van der Waals surface area contributed by atoms with Crippen molar-refractivity contribution in [3.05, 3.63) is 0 Å². The second-order valence-electron chi connectivity index (χ2n) is 6.79. The van der Waals surface area contributed by atoms with Crippen LogP contribution < -0.4 is 0 Å². The molecule has 0 saturated carbocycles. The Morgan fingerprint density at radius 2 is 1.25 bits per heavy atom. The van der Waals surface area contributed by atoms with Gasteiger partial charge >= 0.3 is 0 Å². The third kappa shape index (κ3) is 4.81. The van der Waals surface area contributed by atoms with Gasteiger partial charge in [-0.3, -0.25) is 0 Å². The second kappa shape index (κ2) is 4.63. The van der Waals surface area contributed by atoms with Gasteiger partial charge in [0.1, 0.15) is 0 Å². The zero-order valence-electron chi connectivity index (χ0n) is 11.6. The molecule has 0 aliphatic carbocycles. The van der Waals surface area contributed by atoms with Gasteiger partial charge in [-0.15, -0.1) is 0 Å². The molecule has 0 aromatic carbocycles. The summed E-state index contributed by atoms with van der Waals surface area (Å²) < 4.78 is 17.0. The second-order valence-corrected chi connectivity index (χ2v) is 6.79. The first-order valence-electron chi connectivity index (χ1n) is 5.98. The van der Waals surface area contributed by atoms with Crippen LogP contribution in [0.5, 0.6) is 0 Å². The zero-order valence-corrected chi connectivity index (χ0v) is 11.6. The summed E-state index contributed by atoms with van der Waals surface area (Å²) in [6.07, 6.45) is 0. The van der Waals surface area contributed by atoms with Crippen LogP contribution >= 0.6 is 0 Å². The minimum Gasteiger partial charge on any atom is -0.380 e. The monoisotopic (exact) mass is 230 g/mol. The highest BCUT2D eigenvalue weighted by Gasteiger charge is 2.41. The Kier molecular flexibility index (Phi) is 4.04. The van der Waals surface area contributed by atoms with E-state index in [1.165, 1.54) is 0 Å². The molecule has 0 spiro atoms. The molecule has 0 aromatic rings. The summed E-state index contributed by atoms with van der Waals surface area (Å²) in [5, 5.41) is 0. The van der Waals surface area contributed by atoms with Gasteiger partial charge in [-0.05, 0) is 41.5 Å². The Morgan fingerprint density at radius 3 is 1.44 bits per heavy atom. The van der Waals surface area contributed by atoms with E-state index in [9.17, 15) is 0 Å². The van der Waals surface area contributed by atoms with Gasteiger partial charge in [-0.25, -0.2) is 0 Å². The highest BCUT2D eigenvalue weighted by Crippen LogP contribution is 2.31. The predicted octanol–water partition coefficient (Wildman–Crippen LogP) is 2.63. The standard InChI is InChI=1S/C13H26O3/c1-11(2,3)15-9-13(7-14-8-13)10-16-12(4,5)6/h7-10H2,1-6H3. The first-order valence-corrected chi connectivity index (χ1v) is 5.98. The predicted molar refractivity (Wildman–Crippen MR) is 64.7 cm³/mol. The molecule has 1 saturated heterocycles. The van der Waals surface area contributed by atoms with Gasteiger partial charge in [-0.2, -0.15) is 0 Å². The lowest BCUT2D eigenvalue weighted by atomic mass is 9.87. The van der Waals surface area contributed by atoms with Crippen LogP contribution in [-0.4, -0.2) is 37.6 Å². The molecule has 0 bridgehead atoms. The molecule has 3 nitrogen and oxygen atoms in total. The topological polar surface area (TPSA) is 27.7 Å². The molecule has 1 heterocycles. The van der Waals surface area contributed by atoms with Crippen LogP contribution in [0.3, 0.4) is 0 Å². The van der Waals surface area contributed by atoms with Crippen molar-refractivity contribution in [2.75, 3.05) is 26.4 Å². The summed E-state index contributed by atoms with van der Waals surface area (Å²) in [6.45, 7) is 15.4. The lowest BCUT2D eigenvalue weighted by Gasteiger charge is -2.43. The van der Waals surface area contributed by atoms with Crippen LogP contribution in [-0.2, 0) is 14.2 Å². The summed E-state index contributed by atoms with van der Waals surface area (Å²) >= 11 is 0. The molecule has 96 valence electrons. The molecule has 0 radical (unpaired) electrons. The third-order valence-corrected chi connectivity index (χ3v) is 2.44. The Bertz CT molecular complexity index is 198. The summed E-state index contributed by atoms with van der Waals surface area (Å²) in [6, 6.07) is 0. The van der Waals surface area contributed by atoms with Gasteiger partial charge in [0, 0.05) is 0 Å². The van der Waals surface area contributed by atoms with E-state index in [1.807, 2.05) is 0 Å². The smallest absolute Gasteiger partial charge is 0.0638 e. The first-order chi connectivity index (χ1) is 7.12. The van der Waals surface area contributed by atoms with E-state index in [-0.39, 0.29) is 16.6 Å². The van der Waals surface area contributed by atoms with Gasteiger partial charge < -0.3 is 14.2 Å². The summed E-state index contributed by atoms with van der Waals surface area (Å²) in [7, 11) is 0. The molecule has 1 fully saturated rings. The molecule has 0 N–H and O–H groups in total. The minimum atomic E-state index is -0.0929. The lowest BCUT2D eigenvalue weighted by Crippen LogP contribution is -2.52. The van der Waals surface area contributed by atoms with Gasteiger partial charge in [-0.1, -0.05) is 0 Å². The van der Waals surface area contributed by atoms with Crippen molar-refractivity contribution in [3.8, 4) is 0 Å². The van der Waals surface area contributed by atoms with Crippen LogP contribution in [0, 0.1) is 5.41 Å². The van der Waals surface area contributed by atoms with Crippen molar-refractivity contribution in [2.45, 2.75) is 52.7 Å². The number of hydrogen-bond acceptors (Lipinski definition) is 3. The third-order valence-electron chi connectivity index (χ3n) is 2.44. The van der Waals surface area contributed by atoms with Crippen LogP contribution in [0.15, 0.2) is 0 Å². The number of hydrogen-bond donors (Lipinski definition) is 0. The van der Waals surface area contributed by atoms with E-state index in [0.717, 1.165) is 13.2 Å². The lowest BCUT2D eigenvalue weighted by molar-refractivity contribution is -0.208. The minimum absolute atomic E-state index is 0.0700. The van der Waals surface area contributed by atoms with Crippen molar-refractivity contribution < 1.29 is 14.2 Å². The van der Waals surface area contributed by atoms with Gasteiger partial charge in [0.05, 0.1) is 43.0 Å². The number of ether oxygens (including phenoxy) is 3. The van der Waals surface area contributed by atoms with E-state index in [0.29, 0.717) is 13.2 Å². The molecule has 0 unspecified atom stereocenters. The molecular formula is C13H26O3. The van der Waals surface area contributed by atoms with E-state index in [2.05, 4.69) is 41.5 Å². The molecule has 1 aliphatic rings.